The average Bonchev–Trinajstić information content (AvgIpc) is 2.84. The molecule has 2 aromatic carbocycles. The summed E-state index contributed by atoms with van der Waals surface area (Å²) in [7, 11) is 0. The molecule has 4 heteroatoms. The SMILES string of the molecule is CC(C)(N)Cc1nc(-c2ccc3ccccc3c2)no1. The summed E-state index contributed by atoms with van der Waals surface area (Å²) in [6, 6.07) is 14.3. The van der Waals surface area contributed by atoms with Gasteiger partial charge in [-0.25, -0.2) is 0 Å². The van der Waals surface area contributed by atoms with Gasteiger partial charge in [0.2, 0.25) is 11.7 Å². The van der Waals surface area contributed by atoms with E-state index in [0.717, 1.165) is 10.9 Å². The summed E-state index contributed by atoms with van der Waals surface area (Å²) >= 11 is 0. The zero-order valence-electron chi connectivity index (χ0n) is 11.6. The lowest BCUT2D eigenvalue weighted by atomic mass is 10.0. The normalized spacial score (nSPS) is 11.9. The van der Waals surface area contributed by atoms with Crippen molar-refractivity contribution in [2.45, 2.75) is 25.8 Å². The molecule has 3 rings (SSSR count). The molecule has 1 aromatic heterocycles. The number of nitrogens with zero attached hydrogens (tertiary/aromatic N) is 2. The van der Waals surface area contributed by atoms with E-state index in [1.54, 1.807) is 0 Å². The Kier molecular flexibility index (Phi) is 3.03. The zero-order valence-corrected chi connectivity index (χ0v) is 11.6. The van der Waals surface area contributed by atoms with E-state index >= 15 is 0 Å². The van der Waals surface area contributed by atoms with Gasteiger partial charge in [0, 0.05) is 17.5 Å². The van der Waals surface area contributed by atoms with E-state index in [0.29, 0.717) is 18.1 Å². The number of rotatable bonds is 3. The minimum Gasteiger partial charge on any atom is -0.339 e. The fraction of sp³-hybridized carbons (Fsp3) is 0.250. The molecule has 0 saturated carbocycles. The lowest BCUT2D eigenvalue weighted by Gasteiger charge is -2.14. The van der Waals surface area contributed by atoms with Gasteiger partial charge in [0.05, 0.1) is 0 Å². The molecule has 0 spiro atoms. The molecular formula is C16H17N3O. The Labute approximate surface area is 117 Å². The first-order valence-corrected chi connectivity index (χ1v) is 6.62. The summed E-state index contributed by atoms with van der Waals surface area (Å²) < 4.78 is 5.27. The third-order valence-electron chi connectivity index (χ3n) is 3.08. The molecule has 0 radical (unpaired) electrons. The molecule has 2 N–H and O–H groups in total. The van der Waals surface area contributed by atoms with Gasteiger partial charge in [0.1, 0.15) is 0 Å². The van der Waals surface area contributed by atoms with E-state index in [2.05, 4.69) is 34.4 Å². The van der Waals surface area contributed by atoms with Crippen molar-refractivity contribution in [3.63, 3.8) is 0 Å². The van der Waals surface area contributed by atoms with Crippen molar-refractivity contribution < 1.29 is 4.52 Å². The van der Waals surface area contributed by atoms with Crippen LogP contribution < -0.4 is 5.73 Å². The van der Waals surface area contributed by atoms with E-state index in [4.69, 9.17) is 10.3 Å². The molecule has 0 fully saturated rings. The largest absolute Gasteiger partial charge is 0.339 e. The second kappa shape index (κ2) is 4.72. The van der Waals surface area contributed by atoms with Gasteiger partial charge in [-0.2, -0.15) is 4.98 Å². The molecule has 102 valence electrons. The Morgan fingerprint density at radius 2 is 1.85 bits per heavy atom. The highest BCUT2D eigenvalue weighted by Gasteiger charge is 2.17. The minimum absolute atomic E-state index is 0.354. The van der Waals surface area contributed by atoms with Crippen molar-refractivity contribution >= 4 is 10.8 Å². The third kappa shape index (κ3) is 2.70. The molecule has 4 nitrogen and oxygen atoms in total. The highest BCUT2D eigenvalue weighted by molar-refractivity contribution is 5.86. The minimum atomic E-state index is -0.354. The fourth-order valence-electron chi connectivity index (χ4n) is 2.16. The Hall–Kier alpha value is -2.20. The van der Waals surface area contributed by atoms with Crippen molar-refractivity contribution in [2.24, 2.45) is 5.73 Å². The van der Waals surface area contributed by atoms with Crippen LogP contribution in [0.4, 0.5) is 0 Å². The van der Waals surface area contributed by atoms with E-state index < -0.39 is 0 Å². The quantitative estimate of drug-likeness (QED) is 0.791. The van der Waals surface area contributed by atoms with Crippen LogP contribution in [-0.4, -0.2) is 15.7 Å². The number of benzene rings is 2. The van der Waals surface area contributed by atoms with Gasteiger partial charge in [-0.05, 0) is 30.7 Å². The van der Waals surface area contributed by atoms with E-state index in [1.165, 1.54) is 5.39 Å². The van der Waals surface area contributed by atoms with Gasteiger partial charge in [-0.3, -0.25) is 0 Å². The van der Waals surface area contributed by atoms with Crippen LogP contribution in [0.1, 0.15) is 19.7 Å². The van der Waals surface area contributed by atoms with E-state index in [1.807, 2.05) is 32.0 Å². The van der Waals surface area contributed by atoms with Crippen molar-refractivity contribution in [1.29, 1.82) is 0 Å². The number of aromatic nitrogens is 2. The van der Waals surface area contributed by atoms with E-state index in [9.17, 15) is 0 Å². The van der Waals surface area contributed by atoms with Crippen LogP contribution in [0, 0.1) is 0 Å². The standard InChI is InChI=1S/C16H17N3O/c1-16(2,17)10-14-18-15(19-20-14)13-8-7-11-5-3-4-6-12(11)9-13/h3-9H,10,17H2,1-2H3. The average molecular weight is 267 g/mol. The first-order valence-electron chi connectivity index (χ1n) is 6.62. The first-order chi connectivity index (χ1) is 9.51. The lowest BCUT2D eigenvalue weighted by molar-refractivity contribution is 0.348. The molecule has 0 amide bonds. The van der Waals surface area contributed by atoms with Crippen molar-refractivity contribution in [1.82, 2.24) is 10.1 Å². The van der Waals surface area contributed by atoms with Crippen LogP contribution in [0.2, 0.25) is 0 Å². The predicted molar refractivity (Wildman–Crippen MR) is 79.2 cm³/mol. The maximum atomic E-state index is 5.96. The van der Waals surface area contributed by atoms with Gasteiger partial charge in [0.25, 0.3) is 0 Å². The summed E-state index contributed by atoms with van der Waals surface area (Å²) in [6.07, 6.45) is 0.563. The van der Waals surface area contributed by atoms with Crippen molar-refractivity contribution in [3.8, 4) is 11.4 Å². The Morgan fingerprint density at radius 1 is 1.10 bits per heavy atom. The molecule has 0 aliphatic heterocycles. The summed E-state index contributed by atoms with van der Waals surface area (Å²) in [5.74, 6) is 1.18. The maximum absolute atomic E-state index is 5.96. The zero-order chi connectivity index (χ0) is 14.2. The number of nitrogens with two attached hydrogens (primary N) is 1. The van der Waals surface area contributed by atoms with Crippen molar-refractivity contribution in [3.05, 3.63) is 48.4 Å². The van der Waals surface area contributed by atoms with Crippen LogP contribution >= 0.6 is 0 Å². The first kappa shape index (κ1) is 12.8. The molecule has 0 bridgehead atoms. The smallest absolute Gasteiger partial charge is 0.228 e. The topological polar surface area (TPSA) is 64.9 Å². The van der Waals surface area contributed by atoms with Gasteiger partial charge in [-0.15, -0.1) is 0 Å². The Bertz CT molecular complexity index is 741. The molecule has 0 aliphatic carbocycles. The summed E-state index contributed by atoms with van der Waals surface area (Å²) in [5.41, 5.74) is 6.56. The van der Waals surface area contributed by atoms with Crippen LogP contribution in [0.25, 0.3) is 22.2 Å². The second-order valence-electron chi connectivity index (χ2n) is 5.74. The van der Waals surface area contributed by atoms with Gasteiger partial charge in [-0.1, -0.05) is 41.6 Å². The fourth-order valence-corrected chi connectivity index (χ4v) is 2.16. The molecule has 20 heavy (non-hydrogen) atoms. The highest BCUT2D eigenvalue weighted by atomic mass is 16.5. The van der Waals surface area contributed by atoms with Gasteiger partial charge in [0.15, 0.2) is 0 Å². The molecular weight excluding hydrogens is 250 g/mol. The van der Waals surface area contributed by atoms with Crippen LogP contribution in [0.5, 0.6) is 0 Å². The summed E-state index contributed by atoms with van der Waals surface area (Å²) in [4.78, 5) is 4.41. The third-order valence-corrected chi connectivity index (χ3v) is 3.08. The summed E-state index contributed by atoms with van der Waals surface area (Å²) in [6.45, 7) is 3.87. The van der Waals surface area contributed by atoms with Crippen LogP contribution in [0.3, 0.4) is 0 Å². The molecule has 0 atom stereocenters. The van der Waals surface area contributed by atoms with Gasteiger partial charge >= 0.3 is 0 Å². The molecule has 0 saturated heterocycles. The monoisotopic (exact) mass is 267 g/mol. The second-order valence-corrected chi connectivity index (χ2v) is 5.74. The predicted octanol–water partition coefficient (Wildman–Crippen LogP) is 3.17. The van der Waals surface area contributed by atoms with E-state index in [-0.39, 0.29) is 5.54 Å². The molecule has 0 unspecified atom stereocenters. The molecule has 0 aliphatic rings. The molecule has 3 aromatic rings. The maximum Gasteiger partial charge on any atom is 0.228 e. The number of hydrogen-bond donors (Lipinski definition) is 1. The van der Waals surface area contributed by atoms with Gasteiger partial charge < -0.3 is 10.3 Å². The van der Waals surface area contributed by atoms with Crippen LogP contribution in [0.15, 0.2) is 47.0 Å². The van der Waals surface area contributed by atoms with Crippen LogP contribution in [-0.2, 0) is 6.42 Å². The lowest BCUT2D eigenvalue weighted by Crippen LogP contribution is -2.34. The highest BCUT2D eigenvalue weighted by Crippen LogP contribution is 2.22. The summed E-state index contributed by atoms with van der Waals surface area (Å²) in [5, 5.41) is 6.40. The Balaban J connectivity index is 1.95. The Morgan fingerprint density at radius 3 is 2.60 bits per heavy atom. The number of hydrogen-bond acceptors (Lipinski definition) is 4. The number of fused-ring (bicyclic) bond motifs is 1. The molecule has 1 heterocycles. The van der Waals surface area contributed by atoms with Crippen molar-refractivity contribution in [2.75, 3.05) is 0 Å².